The Kier molecular flexibility index (Phi) is 5.58. The number of benzene rings is 3. The Bertz CT molecular complexity index is 1000. The molecular formula is C30H32O2. The van der Waals surface area contributed by atoms with Gasteiger partial charge in [0, 0.05) is 0 Å². The average Bonchev–Trinajstić information content (AvgIpc) is 2.86. The molecule has 0 heterocycles. The Morgan fingerprint density at radius 3 is 1.28 bits per heavy atom. The summed E-state index contributed by atoms with van der Waals surface area (Å²) in [5.74, 6) is 0. The van der Waals surface area contributed by atoms with Crippen molar-refractivity contribution in [3.63, 3.8) is 0 Å². The molecule has 6 rings (SSSR count). The van der Waals surface area contributed by atoms with E-state index in [-0.39, 0.29) is 24.4 Å². The molecule has 0 N–H and O–H groups in total. The maximum absolute atomic E-state index is 6.82. The molecule has 0 aliphatic heterocycles. The summed E-state index contributed by atoms with van der Waals surface area (Å²) in [6.45, 7) is 0. The maximum atomic E-state index is 6.82. The zero-order valence-electron chi connectivity index (χ0n) is 18.7. The van der Waals surface area contributed by atoms with E-state index in [0.717, 1.165) is 25.7 Å². The zero-order chi connectivity index (χ0) is 21.3. The highest BCUT2D eigenvalue weighted by molar-refractivity contribution is 5.36. The van der Waals surface area contributed by atoms with Gasteiger partial charge in [-0.05, 0) is 84.7 Å². The highest BCUT2D eigenvalue weighted by Crippen LogP contribution is 2.46. The van der Waals surface area contributed by atoms with E-state index in [2.05, 4.69) is 72.8 Å². The third-order valence-corrected chi connectivity index (χ3v) is 7.67. The summed E-state index contributed by atoms with van der Waals surface area (Å²) in [6.07, 6.45) is 9.78. The van der Waals surface area contributed by atoms with Gasteiger partial charge in [-0.3, -0.25) is 0 Å². The van der Waals surface area contributed by atoms with Crippen molar-refractivity contribution in [1.29, 1.82) is 0 Å². The molecule has 3 aromatic carbocycles. The van der Waals surface area contributed by atoms with Crippen molar-refractivity contribution in [3.8, 4) is 0 Å². The van der Waals surface area contributed by atoms with Gasteiger partial charge in [-0.2, -0.15) is 0 Å². The molecule has 0 aromatic heterocycles. The normalized spacial score (nSPS) is 26.6. The molecule has 0 amide bonds. The second kappa shape index (κ2) is 8.84. The summed E-state index contributed by atoms with van der Waals surface area (Å²) in [7, 11) is 0. The van der Waals surface area contributed by atoms with Crippen molar-refractivity contribution >= 4 is 0 Å². The number of hydrogen-bond donors (Lipinski definition) is 0. The fourth-order valence-corrected chi connectivity index (χ4v) is 6.09. The second-order valence-corrected chi connectivity index (χ2v) is 9.62. The summed E-state index contributed by atoms with van der Waals surface area (Å²) in [6, 6.07) is 26.5. The summed E-state index contributed by atoms with van der Waals surface area (Å²) in [5.41, 5.74) is 8.38. The van der Waals surface area contributed by atoms with E-state index in [1.54, 1.807) is 0 Å². The van der Waals surface area contributed by atoms with E-state index >= 15 is 0 Å². The minimum absolute atomic E-state index is 0.154. The first-order valence-electron chi connectivity index (χ1n) is 12.4. The molecule has 3 aliphatic carbocycles. The predicted molar refractivity (Wildman–Crippen MR) is 128 cm³/mol. The number of rotatable bonds is 4. The molecule has 4 atom stereocenters. The van der Waals surface area contributed by atoms with Crippen molar-refractivity contribution in [3.05, 3.63) is 106 Å². The van der Waals surface area contributed by atoms with E-state index in [1.807, 2.05) is 0 Å². The quantitative estimate of drug-likeness (QED) is 0.426. The molecule has 32 heavy (non-hydrogen) atoms. The summed E-state index contributed by atoms with van der Waals surface area (Å²) in [5, 5.41) is 0. The van der Waals surface area contributed by atoms with Crippen molar-refractivity contribution < 1.29 is 9.47 Å². The van der Waals surface area contributed by atoms with Crippen LogP contribution in [-0.2, 0) is 22.3 Å². The minimum atomic E-state index is 0.154. The van der Waals surface area contributed by atoms with E-state index in [1.165, 1.54) is 59.1 Å². The number of hydrogen-bond acceptors (Lipinski definition) is 2. The van der Waals surface area contributed by atoms with Crippen LogP contribution in [0, 0.1) is 0 Å². The van der Waals surface area contributed by atoms with Gasteiger partial charge in [0.1, 0.15) is 0 Å². The molecule has 4 unspecified atom stereocenters. The van der Waals surface area contributed by atoms with Crippen molar-refractivity contribution in [2.75, 3.05) is 0 Å². The van der Waals surface area contributed by atoms with Crippen LogP contribution in [0.25, 0.3) is 0 Å². The molecule has 3 aromatic rings. The second-order valence-electron chi connectivity index (χ2n) is 9.62. The van der Waals surface area contributed by atoms with Crippen molar-refractivity contribution in [1.82, 2.24) is 0 Å². The van der Waals surface area contributed by atoms with Gasteiger partial charge in [0.15, 0.2) is 0 Å². The Morgan fingerprint density at radius 2 is 0.812 bits per heavy atom. The van der Waals surface area contributed by atoms with Gasteiger partial charge in [-0.15, -0.1) is 0 Å². The average molecular weight is 425 g/mol. The SMILES string of the molecule is c1ccc2c(c1)CCCC2OC1CCC(OC2CCCc3ccccc32)c2ccccc21. The van der Waals surface area contributed by atoms with E-state index in [9.17, 15) is 0 Å². The van der Waals surface area contributed by atoms with Crippen LogP contribution in [0.15, 0.2) is 72.8 Å². The molecule has 0 saturated carbocycles. The molecule has 3 aliphatic rings. The molecule has 2 nitrogen and oxygen atoms in total. The van der Waals surface area contributed by atoms with Crippen LogP contribution in [0.2, 0.25) is 0 Å². The van der Waals surface area contributed by atoms with Crippen LogP contribution in [-0.4, -0.2) is 0 Å². The van der Waals surface area contributed by atoms with Crippen LogP contribution in [0.1, 0.15) is 96.3 Å². The molecule has 2 heteroatoms. The standard InChI is InChI=1S/C30H32O2/c1-3-13-23-21(9-1)11-7-17-27(23)31-29-19-20-30(26-16-6-5-15-25(26)29)32-28-18-8-12-22-10-2-4-14-24(22)28/h1-6,9-10,13-16,27-30H,7-8,11-12,17-20H2. The molecular weight excluding hydrogens is 392 g/mol. The van der Waals surface area contributed by atoms with Gasteiger partial charge in [0.25, 0.3) is 0 Å². The fraction of sp³-hybridized carbons (Fsp3) is 0.400. The topological polar surface area (TPSA) is 18.5 Å². The van der Waals surface area contributed by atoms with Gasteiger partial charge >= 0.3 is 0 Å². The van der Waals surface area contributed by atoms with Gasteiger partial charge < -0.3 is 9.47 Å². The van der Waals surface area contributed by atoms with E-state index in [0.29, 0.717) is 0 Å². The van der Waals surface area contributed by atoms with Crippen LogP contribution >= 0.6 is 0 Å². The third-order valence-electron chi connectivity index (χ3n) is 7.67. The Hall–Kier alpha value is -2.42. The first kappa shape index (κ1) is 20.2. The monoisotopic (exact) mass is 424 g/mol. The lowest BCUT2D eigenvalue weighted by Gasteiger charge is -2.37. The van der Waals surface area contributed by atoms with E-state index < -0.39 is 0 Å². The molecule has 0 spiro atoms. The smallest absolute Gasteiger partial charge is 0.0838 e. The van der Waals surface area contributed by atoms with Gasteiger partial charge in [-0.1, -0.05) is 72.8 Å². The largest absolute Gasteiger partial charge is 0.366 e. The maximum Gasteiger partial charge on any atom is 0.0838 e. The van der Waals surface area contributed by atoms with Gasteiger partial charge in [0.2, 0.25) is 0 Å². The molecule has 164 valence electrons. The Labute approximate surface area is 191 Å². The third kappa shape index (κ3) is 3.80. The number of ether oxygens (including phenoxy) is 2. The number of aryl methyl sites for hydroxylation is 2. The predicted octanol–water partition coefficient (Wildman–Crippen LogP) is 7.75. The fourth-order valence-electron chi connectivity index (χ4n) is 6.09. The first-order valence-corrected chi connectivity index (χ1v) is 12.4. The zero-order valence-corrected chi connectivity index (χ0v) is 18.7. The summed E-state index contributed by atoms with van der Waals surface area (Å²) >= 11 is 0. The minimum Gasteiger partial charge on any atom is -0.366 e. The highest BCUT2D eigenvalue weighted by Gasteiger charge is 2.33. The molecule has 0 fully saturated rings. The Balaban J connectivity index is 1.24. The van der Waals surface area contributed by atoms with Crippen LogP contribution < -0.4 is 0 Å². The lowest BCUT2D eigenvalue weighted by molar-refractivity contribution is -0.0707. The number of fused-ring (bicyclic) bond motifs is 3. The van der Waals surface area contributed by atoms with Gasteiger partial charge in [-0.25, -0.2) is 0 Å². The Morgan fingerprint density at radius 1 is 0.438 bits per heavy atom. The summed E-state index contributed by atoms with van der Waals surface area (Å²) in [4.78, 5) is 0. The highest BCUT2D eigenvalue weighted by atomic mass is 16.5. The van der Waals surface area contributed by atoms with E-state index in [4.69, 9.17) is 9.47 Å². The lowest BCUT2D eigenvalue weighted by atomic mass is 9.85. The summed E-state index contributed by atoms with van der Waals surface area (Å²) < 4.78 is 13.6. The van der Waals surface area contributed by atoms with Crippen LogP contribution in [0.5, 0.6) is 0 Å². The molecule has 0 radical (unpaired) electrons. The molecule has 0 bridgehead atoms. The van der Waals surface area contributed by atoms with Crippen LogP contribution in [0.3, 0.4) is 0 Å². The molecule has 0 saturated heterocycles. The first-order chi connectivity index (χ1) is 15.9. The van der Waals surface area contributed by atoms with Crippen molar-refractivity contribution in [2.45, 2.75) is 75.8 Å². The lowest BCUT2D eigenvalue weighted by Crippen LogP contribution is -2.23. The van der Waals surface area contributed by atoms with Gasteiger partial charge in [0.05, 0.1) is 24.4 Å². The van der Waals surface area contributed by atoms with Crippen molar-refractivity contribution in [2.24, 2.45) is 0 Å². The van der Waals surface area contributed by atoms with Crippen LogP contribution in [0.4, 0.5) is 0 Å².